The molecule has 6 heteroatoms. The summed E-state index contributed by atoms with van der Waals surface area (Å²) in [5, 5.41) is 3.33. The molecule has 3 aromatic rings. The zero-order chi connectivity index (χ0) is 19.7. The molecule has 5 nitrogen and oxygen atoms in total. The minimum Gasteiger partial charge on any atom is -0.348 e. The number of nitrogens with zero attached hydrogens (tertiary/aromatic N) is 4. The largest absolute Gasteiger partial charge is 0.348 e. The van der Waals surface area contributed by atoms with Gasteiger partial charge in [0.1, 0.15) is 5.01 Å². The number of benzene rings is 1. The van der Waals surface area contributed by atoms with E-state index in [1.54, 1.807) is 11.3 Å². The number of imidazole rings is 1. The van der Waals surface area contributed by atoms with E-state index in [-0.39, 0.29) is 0 Å². The first kappa shape index (κ1) is 19.0. The average molecular weight is 408 g/mol. The van der Waals surface area contributed by atoms with E-state index in [1.807, 2.05) is 12.5 Å². The molecule has 0 radical (unpaired) electrons. The molecule has 2 unspecified atom stereocenters. The third-order valence-corrected chi connectivity index (χ3v) is 7.57. The minimum atomic E-state index is 0.372. The molecule has 0 saturated carbocycles. The Morgan fingerprint density at radius 3 is 2.59 bits per heavy atom. The van der Waals surface area contributed by atoms with Gasteiger partial charge in [0.2, 0.25) is 0 Å². The molecule has 2 aliphatic heterocycles. The molecular formula is C23H29N5S. The van der Waals surface area contributed by atoms with Gasteiger partial charge in [-0.2, -0.15) is 0 Å². The summed E-state index contributed by atoms with van der Waals surface area (Å²) in [6, 6.07) is 11.0. The van der Waals surface area contributed by atoms with Crippen molar-refractivity contribution in [3.8, 4) is 0 Å². The molecule has 4 heterocycles. The predicted octanol–water partition coefficient (Wildman–Crippen LogP) is 3.74. The first-order valence-electron chi connectivity index (χ1n) is 10.6. The molecule has 1 aromatic carbocycles. The van der Waals surface area contributed by atoms with Crippen molar-refractivity contribution >= 4 is 11.3 Å². The van der Waals surface area contributed by atoms with Crippen LogP contribution in [0.5, 0.6) is 0 Å². The molecule has 1 N–H and O–H groups in total. The Kier molecular flexibility index (Phi) is 5.24. The number of aromatic amines is 1. The zero-order valence-corrected chi connectivity index (χ0v) is 17.9. The predicted molar refractivity (Wildman–Crippen MR) is 117 cm³/mol. The van der Waals surface area contributed by atoms with Crippen LogP contribution in [0.2, 0.25) is 0 Å². The smallest absolute Gasteiger partial charge is 0.107 e. The van der Waals surface area contributed by atoms with Crippen molar-refractivity contribution in [1.82, 2.24) is 24.8 Å². The molecule has 2 aromatic heterocycles. The molecular weight excluding hydrogens is 378 g/mol. The van der Waals surface area contributed by atoms with Gasteiger partial charge in [-0.3, -0.25) is 9.80 Å². The van der Waals surface area contributed by atoms with Crippen molar-refractivity contribution in [3.05, 3.63) is 70.2 Å². The number of hydrogen-bond donors (Lipinski definition) is 1. The second-order valence-corrected chi connectivity index (χ2v) is 9.76. The number of aromatic nitrogens is 3. The maximum absolute atomic E-state index is 4.54. The third kappa shape index (κ3) is 4.02. The van der Waals surface area contributed by atoms with E-state index < -0.39 is 0 Å². The summed E-state index contributed by atoms with van der Waals surface area (Å²) in [5.74, 6) is 0.727. The third-order valence-electron chi connectivity index (χ3n) is 6.80. The molecule has 5 rings (SSSR count). The van der Waals surface area contributed by atoms with Crippen LogP contribution < -0.4 is 0 Å². The Bertz CT molecular complexity index is 922. The van der Waals surface area contributed by atoms with Gasteiger partial charge < -0.3 is 4.98 Å². The topological polar surface area (TPSA) is 48.1 Å². The van der Waals surface area contributed by atoms with Gasteiger partial charge in [-0.1, -0.05) is 30.3 Å². The Morgan fingerprint density at radius 2 is 1.90 bits per heavy atom. The highest BCUT2D eigenvalue weighted by Crippen LogP contribution is 2.46. The Balaban J connectivity index is 1.31. The van der Waals surface area contributed by atoms with E-state index in [2.05, 4.69) is 67.4 Å². The van der Waals surface area contributed by atoms with E-state index in [0.29, 0.717) is 5.41 Å². The summed E-state index contributed by atoms with van der Waals surface area (Å²) < 4.78 is 0. The van der Waals surface area contributed by atoms with Gasteiger partial charge in [-0.25, -0.2) is 9.97 Å². The van der Waals surface area contributed by atoms with Crippen molar-refractivity contribution in [3.63, 3.8) is 0 Å². The maximum Gasteiger partial charge on any atom is 0.107 e. The normalized spacial score (nSPS) is 24.9. The first-order chi connectivity index (χ1) is 14.2. The molecule has 2 aliphatic rings. The second-order valence-electron chi connectivity index (χ2n) is 8.78. The number of thiazole rings is 1. The lowest BCUT2D eigenvalue weighted by Gasteiger charge is -2.30. The summed E-state index contributed by atoms with van der Waals surface area (Å²) in [6.45, 7) is 8.80. The van der Waals surface area contributed by atoms with Crippen LogP contribution in [-0.4, -0.2) is 50.9 Å². The van der Waals surface area contributed by atoms with Crippen LogP contribution in [0, 0.1) is 18.3 Å². The van der Waals surface area contributed by atoms with Crippen molar-refractivity contribution in [2.75, 3.05) is 26.2 Å². The van der Waals surface area contributed by atoms with Gasteiger partial charge in [-0.05, 0) is 31.2 Å². The standard InChI is InChI=1S/C23H29N5S/c1-18-21(26-17-25-18)13-27-11-20-12-28(14-22-24-9-10-29-22)16-23(20,15-27)8-7-19-5-3-2-4-6-19/h2-6,9-10,17,20H,7-8,11-16H2,1H3,(H,25,26). The summed E-state index contributed by atoms with van der Waals surface area (Å²) in [4.78, 5) is 17.6. The van der Waals surface area contributed by atoms with E-state index >= 15 is 0 Å². The van der Waals surface area contributed by atoms with Gasteiger partial charge in [0.05, 0.1) is 18.6 Å². The van der Waals surface area contributed by atoms with E-state index in [0.717, 1.165) is 25.4 Å². The lowest BCUT2D eigenvalue weighted by Crippen LogP contribution is -2.34. The Labute approximate surface area is 176 Å². The zero-order valence-electron chi connectivity index (χ0n) is 17.1. The highest BCUT2D eigenvalue weighted by Gasteiger charge is 2.51. The van der Waals surface area contributed by atoms with Crippen molar-refractivity contribution in [2.45, 2.75) is 32.9 Å². The lowest BCUT2D eigenvalue weighted by molar-refractivity contribution is 0.194. The molecule has 0 amide bonds. The second kappa shape index (κ2) is 8.01. The molecule has 2 fully saturated rings. The maximum atomic E-state index is 4.54. The summed E-state index contributed by atoms with van der Waals surface area (Å²) in [7, 11) is 0. The molecule has 2 atom stereocenters. The lowest BCUT2D eigenvalue weighted by atomic mass is 9.76. The number of nitrogens with one attached hydrogen (secondary N) is 1. The fraction of sp³-hybridized carbons (Fsp3) is 0.478. The minimum absolute atomic E-state index is 0.372. The van der Waals surface area contributed by atoms with Crippen molar-refractivity contribution < 1.29 is 0 Å². The molecule has 0 aliphatic carbocycles. The number of H-pyrrole nitrogens is 1. The molecule has 2 saturated heterocycles. The van der Waals surface area contributed by atoms with Crippen LogP contribution in [-0.2, 0) is 19.5 Å². The van der Waals surface area contributed by atoms with Crippen LogP contribution in [0.4, 0.5) is 0 Å². The number of fused-ring (bicyclic) bond motifs is 1. The van der Waals surface area contributed by atoms with Crippen LogP contribution in [0.3, 0.4) is 0 Å². The first-order valence-corrected chi connectivity index (χ1v) is 11.4. The monoisotopic (exact) mass is 407 g/mol. The van der Waals surface area contributed by atoms with Crippen LogP contribution >= 0.6 is 11.3 Å². The molecule has 0 bridgehead atoms. The van der Waals surface area contributed by atoms with Crippen LogP contribution in [0.25, 0.3) is 0 Å². The Hall–Kier alpha value is -2.02. The van der Waals surface area contributed by atoms with E-state index in [9.17, 15) is 0 Å². The van der Waals surface area contributed by atoms with Crippen LogP contribution in [0.15, 0.2) is 48.2 Å². The molecule has 0 spiro atoms. The van der Waals surface area contributed by atoms with Gasteiger partial charge in [0.15, 0.2) is 0 Å². The van der Waals surface area contributed by atoms with E-state index in [1.165, 1.54) is 54.6 Å². The fourth-order valence-corrected chi connectivity index (χ4v) is 5.98. The average Bonchev–Trinajstić information content (AvgIpc) is 3.48. The SMILES string of the molecule is Cc1[nH]cnc1CN1CC2CN(Cc3nccs3)CC2(CCc2ccccc2)C1. The van der Waals surface area contributed by atoms with Crippen molar-refractivity contribution in [1.29, 1.82) is 0 Å². The highest BCUT2D eigenvalue weighted by atomic mass is 32.1. The van der Waals surface area contributed by atoms with Gasteiger partial charge in [0, 0.05) is 55.4 Å². The van der Waals surface area contributed by atoms with Crippen molar-refractivity contribution in [2.24, 2.45) is 11.3 Å². The molecule has 152 valence electrons. The molecule has 29 heavy (non-hydrogen) atoms. The number of hydrogen-bond acceptors (Lipinski definition) is 5. The highest BCUT2D eigenvalue weighted by molar-refractivity contribution is 7.09. The summed E-state index contributed by atoms with van der Waals surface area (Å²) >= 11 is 1.78. The van der Waals surface area contributed by atoms with Gasteiger partial charge in [0.25, 0.3) is 0 Å². The number of aryl methyl sites for hydroxylation is 2. The summed E-state index contributed by atoms with van der Waals surface area (Å²) in [5.41, 5.74) is 4.23. The van der Waals surface area contributed by atoms with Gasteiger partial charge >= 0.3 is 0 Å². The number of rotatable bonds is 7. The van der Waals surface area contributed by atoms with E-state index in [4.69, 9.17) is 0 Å². The van der Waals surface area contributed by atoms with Gasteiger partial charge in [-0.15, -0.1) is 11.3 Å². The van der Waals surface area contributed by atoms with Crippen LogP contribution in [0.1, 0.15) is 28.4 Å². The number of likely N-dealkylation sites (tertiary alicyclic amines) is 2. The fourth-order valence-electron chi connectivity index (χ4n) is 5.32. The summed E-state index contributed by atoms with van der Waals surface area (Å²) in [6.07, 6.45) is 6.17. The Morgan fingerprint density at radius 1 is 1.10 bits per heavy atom. The quantitative estimate of drug-likeness (QED) is 0.648.